The molecule has 0 bridgehead atoms. The van der Waals surface area contributed by atoms with E-state index in [2.05, 4.69) is 0 Å². The lowest BCUT2D eigenvalue weighted by molar-refractivity contribution is -0.0415. The number of rotatable bonds is 6. The number of aliphatic hydroxyl groups excluding tert-OH is 1. The van der Waals surface area contributed by atoms with Gasteiger partial charge in [-0.3, -0.25) is 0 Å². The normalized spacial score (nSPS) is 18.2. The third kappa shape index (κ3) is 3.60. The Morgan fingerprint density at radius 2 is 2.00 bits per heavy atom. The van der Waals surface area contributed by atoms with E-state index < -0.39 is 5.60 Å². The lowest BCUT2D eigenvalue weighted by Crippen LogP contribution is -2.27. The summed E-state index contributed by atoms with van der Waals surface area (Å²) in [6, 6.07) is 9.12. The fourth-order valence-electron chi connectivity index (χ4n) is 2.75. The van der Waals surface area contributed by atoms with Crippen LogP contribution in [0.2, 0.25) is 5.02 Å². The molecule has 2 N–H and O–H groups in total. The Bertz CT molecular complexity index is 654. The van der Waals surface area contributed by atoms with Gasteiger partial charge < -0.3 is 19.7 Å². The molecule has 1 fully saturated rings. The van der Waals surface area contributed by atoms with E-state index in [9.17, 15) is 10.2 Å². The maximum absolute atomic E-state index is 11.3. The van der Waals surface area contributed by atoms with Crippen LogP contribution in [0, 0.1) is 0 Å². The SMILES string of the molecule is OCCC[C@@](O)(c1cccc(Cl)c1)c1csc(C2OCCO2)c1. The molecule has 1 saturated heterocycles. The number of hydrogen-bond donors (Lipinski definition) is 2. The lowest BCUT2D eigenvalue weighted by Gasteiger charge is -2.28. The van der Waals surface area contributed by atoms with Crippen LogP contribution < -0.4 is 0 Å². The molecule has 6 heteroatoms. The zero-order valence-electron chi connectivity index (χ0n) is 12.6. The van der Waals surface area contributed by atoms with Crippen molar-refractivity contribution in [1.82, 2.24) is 0 Å². The van der Waals surface area contributed by atoms with E-state index in [4.69, 9.17) is 21.1 Å². The molecule has 2 aromatic rings. The van der Waals surface area contributed by atoms with E-state index >= 15 is 0 Å². The van der Waals surface area contributed by atoms with Gasteiger partial charge >= 0.3 is 0 Å². The predicted molar refractivity (Wildman–Crippen MR) is 89.7 cm³/mol. The number of aliphatic hydroxyl groups is 2. The number of hydrogen-bond acceptors (Lipinski definition) is 5. The number of benzene rings is 1. The van der Waals surface area contributed by atoms with Crippen LogP contribution in [-0.4, -0.2) is 30.0 Å². The first-order valence-electron chi connectivity index (χ1n) is 7.55. The molecular formula is C17H19ClO4S. The van der Waals surface area contributed by atoms with Gasteiger partial charge in [-0.2, -0.15) is 0 Å². The van der Waals surface area contributed by atoms with E-state index in [1.54, 1.807) is 12.1 Å². The molecule has 1 atom stereocenters. The van der Waals surface area contributed by atoms with E-state index in [1.165, 1.54) is 11.3 Å². The molecule has 1 aliphatic rings. The summed E-state index contributed by atoms with van der Waals surface area (Å²) in [5, 5.41) is 23.0. The first kappa shape index (κ1) is 16.9. The molecule has 0 amide bonds. The summed E-state index contributed by atoms with van der Waals surface area (Å²) in [6.45, 7) is 1.19. The molecule has 1 aliphatic heterocycles. The standard InChI is InChI=1S/C17H19ClO4S/c18-14-4-1-3-12(9-14)17(20,5-2-6-19)13-10-15(23-11-13)16-21-7-8-22-16/h1,3-4,9-11,16,19-20H,2,5-8H2/t17-/m1/s1. The second-order valence-corrected chi connectivity index (χ2v) is 6.89. The molecule has 0 radical (unpaired) electrons. The Morgan fingerprint density at radius 1 is 1.22 bits per heavy atom. The fourth-order valence-corrected chi connectivity index (χ4v) is 3.91. The van der Waals surface area contributed by atoms with Gasteiger partial charge in [-0.1, -0.05) is 23.7 Å². The topological polar surface area (TPSA) is 58.9 Å². The monoisotopic (exact) mass is 354 g/mol. The largest absolute Gasteiger partial charge is 0.396 e. The van der Waals surface area contributed by atoms with Crippen molar-refractivity contribution in [3.05, 3.63) is 56.7 Å². The van der Waals surface area contributed by atoms with Crippen LogP contribution in [0.5, 0.6) is 0 Å². The van der Waals surface area contributed by atoms with Crippen molar-refractivity contribution in [3.8, 4) is 0 Å². The van der Waals surface area contributed by atoms with Gasteiger partial charge in [0.2, 0.25) is 0 Å². The molecule has 3 rings (SSSR count). The summed E-state index contributed by atoms with van der Waals surface area (Å²) < 4.78 is 11.0. The zero-order valence-corrected chi connectivity index (χ0v) is 14.1. The van der Waals surface area contributed by atoms with Gasteiger partial charge in [0.05, 0.1) is 18.1 Å². The second kappa shape index (κ2) is 7.30. The molecule has 23 heavy (non-hydrogen) atoms. The first-order valence-corrected chi connectivity index (χ1v) is 8.80. The van der Waals surface area contributed by atoms with Crippen molar-refractivity contribution < 1.29 is 19.7 Å². The lowest BCUT2D eigenvalue weighted by atomic mass is 9.84. The van der Waals surface area contributed by atoms with E-state index in [0.717, 1.165) is 16.0 Å². The maximum atomic E-state index is 11.3. The highest BCUT2D eigenvalue weighted by Gasteiger charge is 2.33. The van der Waals surface area contributed by atoms with Gasteiger partial charge in [0.1, 0.15) is 5.60 Å². The van der Waals surface area contributed by atoms with Crippen molar-refractivity contribution in [1.29, 1.82) is 0 Å². The third-order valence-corrected chi connectivity index (χ3v) is 5.14. The number of halogens is 1. The molecule has 1 aromatic carbocycles. The number of thiophene rings is 1. The Hall–Kier alpha value is -0.950. The van der Waals surface area contributed by atoms with Crippen molar-refractivity contribution in [2.45, 2.75) is 24.7 Å². The average Bonchev–Trinajstić information content (AvgIpc) is 3.23. The molecule has 4 nitrogen and oxygen atoms in total. The van der Waals surface area contributed by atoms with Gasteiger partial charge in [0.25, 0.3) is 0 Å². The van der Waals surface area contributed by atoms with Crippen molar-refractivity contribution in [2.24, 2.45) is 0 Å². The summed E-state index contributed by atoms with van der Waals surface area (Å²) in [7, 11) is 0. The molecule has 0 aliphatic carbocycles. The highest BCUT2D eigenvalue weighted by molar-refractivity contribution is 7.10. The van der Waals surface area contributed by atoms with Gasteiger partial charge in [0.15, 0.2) is 6.29 Å². The summed E-state index contributed by atoms with van der Waals surface area (Å²) in [5.41, 5.74) is 0.296. The summed E-state index contributed by atoms with van der Waals surface area (Å²) in [6.07, 6.45) is 0.548. The average molecular weight is 355 g/mol. The highest BCUT2D eigenvalue weighted by atomic mass is 35.5. The number of ether oxygens (including phenoxy) is 2. The van der Waals surface area contributed by atoms with Crippen LogP contribution in [0.1, 0.15) is 35.1 Å². The minimum atomic E-state index is -1.19. The van der Waals surface area contributed by atoms with Gasteiger partial charge in [-0.15, -0.1) is 11.3 Å². The molecule has 1 aromatic heterocycles. The van der Waals surface area contributed by atoms with Crippen LogP contribution in [0.3, 0.4) is 0 Å². The van der Waals surface area contributed by atoms with Crippen LogP contribution in [0.15, 0.2) is 35.7 Å². The van der Waals surface area contributed by atoms with Crippen LogP contribution in [-0.2, 0) is 15.1 Å². The minimum Gasteiger partial charge on any atom is -0.396 e. The van der Waals surface area contributed by atoms with Gasteiger partial charge in [-0.25, -0.2) is 0 Å². The van der Waals surface area contributed by atoms with E-state index in [1.807, 2.05) is 23.6 Å². The first-order chi connectivity index (χ1) is 11.1. The maximum Gasteiger partial charge on any atom is 0.193 e. The fraction of sp³-hybridized carbons (Fsp3) is 0.412. The van der Waals surface area contributed by atoms with Crippen LogP contribution in [0.4, 0.5) is 0 Å². The van der Waals surface area contributed by atoms with Gasteiger partial charge in [0, 0.05) is 11.6 Å². The Kier molecular flexibility index (Phi) is 5.36. The molecular weight excluding hydrogens is 336 g/mol. The molecule has 0 unspecified atom stereocenters. The quantitative estimate of drug-likeness (QED) is 0.834. The Labute approximate surface area is 144 Å². The predicted octanol–water partition coefficient (Wildman–Crippen LogP) is 3.46. The third-order valence-electron chi connectivity index (χ3n) is 3.95. The van der Waals surface area contributed by atoms with E-state index in [0.29, 0.717) is 31.1 Å². The second-order valence-electron chi connectivity index (χ2n) is 5.51. The minimum absolute atomic E-state index is 0.0225. The summed E-state index contributed by atoms with van der Waals surface area (Å²) >= 11 is 7.58. The van der Waals surface area contributed by atoms with Crippen molar-refractivity contribution in [2.75, 3.05) is 19.8 Å². The summed E-state index contributed by atoms with van der Waals surface area (Å²) in [5.74, 6) is 0. The molecule has 0 spiro atoms. The van der Waals surface area contributed by atoms with Crippen molar-refractivity contribution >= 4 is 22.9 Å². The Balaban J connectivity index is 1.95. The molecule has 0 saturated carbocycles. The van der Waals surface area contributed by atoms with Crippen molar-refractivity contribution in [3.63, 3.8) is 0 Å². The zero-order chi connectivity index (χ0) is 16.3. The van der Waals surface area contributed by atoms with E-state index in [-0.39, 0.29) is 12.9 Å². The Morgan fingerprint density at radius 3 is 2.70 bits per heavy atom. The molecule has 2 heterocycles. The smallest absolute Gasteiger partial charge is 0.193 e. The van der Waals surface area contributed by atoms with Crippen LogP contribution in [0.25, 0.3) is 0 Å². The highest BCUT2D eigenvalue weighted by Crippen LogP contribution is 2.39. The summed E-state index contributed by atoms with van der Waals surface area (Å²) in [4.78, 5) is 0.932. The van der Waals surface area contributed by atoms with Crippen LogP contribution >= 0.6 is 22.9 Å². The molecule has 124 valence electrons. The van der Waals surface area contributed by atoms with Gasteiger partial charge in [-0.05, 0) is 47.5 Å².